The molecular weight excluding hydrogens is 466 g/mol. The van der Waals surface area contributed by atoms with Crippen LogP contribution in [0.1, 0.15) is 45.4 Å². The topological polar surface area (TPSA) is 72.7 Å². The molecule has 4 saturated carbocycles. The van der Waals surface area contributed by atoms with Crippen LogP contribution in [-0.4, -0.2) is 36.4 Å². The van der Waals surface area contributed by atoms with Crippen LogP contribution in [0.3, 0.4) is 0 Å². The number of rotatable bonds is 6. The molecule has 4 bridgehead atoms. The summed E-state index contributed by atoms with van der Waals surface area (Å²) >= 11 is 7.59. The Balaban J connectivity index is 1.26. The van der Waals surface area contributed by atoms with Gasteiger partial charge in [-0.05, 0) is 99.6 Å². The van der Waals surface area contributed by atoms with Crippen molar-refractivity contribution in [1.29, 1.82) is 0 Å². The van der Waals surface area contributed by atoms with Crippen molar-refractivity contribution in [3.05, 3.63) is 53.8 Å². The van der Waals surface area contributed by atoms with E-state index in [1.165, 1.54) is 31.0 Å². The molecule has 4 fully saturated rings. The van der Waals surface area contributed by atoms with E-state index in [0.29, 0.717) is 16.0 Å². The van der Waals surface area contributed by atoms with Gasteiger partial charge in [-0.1, -0.05) is 23.4 Å². The average molecular weight is 494 g/mol. The van der Waals surface area contributed by atoms with E-state index >= 15 is 0 Å². The standard InChI is InChI=1S/C26H28ClN5OS/c1-16(24(33)29-26-13-17-10-18(14-26)12-19(11-17)15-26)34-25-31-30-23(20-6-8-28-9-7-20)32(25)22-4-2-21(27)3-5-22/h2-9,16-19H,10-15H2,1H3,(H,29,33). The van der Waals surface area contributed by atoms with Crippen LogP contribution >= 0.6 is 23.4 Å². The van der Waals surface area contributed by atoms with Crippen molar-refractivity contribution < 1.29 is 4.79 Å². The second-order valence-electron chi connectivity index (χ2n) is 10.3. The summed E-state index contributed by atoms with van der Waals surface area (Å²) in [6, 6.07) is 11.4. The van der Waals surface area contributed by atoms with Crippen LogP contribution in [0, 0.1) is 17.8 Å². The lowest BCUT2D eigenvalue weighted by Crippen LogP contribution is -2.60. The molecule has 4 aliphatic carbocycles. The molecule has 2 heterocycles. The van der Waals surface area contributed by atoms with Gasteiger partial charge in [0.05, 0.1) is 5.25 Å². The highest BCUT2D eigenvalue weighted by atomic mass is 35.5. The number of aromatic nitrogens is 4. The normalized spacial score (nSPS) is 28.1. The van der Waals surface area contributed by atoms with Gasteiger partial charge in [0.15, 0.2) is 11.0 Å². The molecule has 3 aromatic rings. The summed E-state index contributed by atoms with van der Waals surface area (Å²) in [6.07, 6.45) is 11.0. The summed E-state index contributed by atoms with van der Waals surface area (Å²) < 4.78 is 1.99. The third kappa shape index (κ3) is 4.13. The highest BCUT2D eigenvalue weighted by Gasteiger charge is 2.51. The minimum Gasteiger partial charge on any atom is -0.350 e. The van der Waals surface area contributed by atoms with Gasteiger partial charge in [0.25, 0.3) is 0 Å². The molecule has 0 spiro atoms. The van der Waals surface area contributed by atoms with Gasteiger partial charge in [0.1, 0.15) is 0 Å². The van der Waals surface area contributed by atoms with Crippen molar-refractivity contribution in [2.45, 2.75) is 61.4 Å². The van der Waals surface area contributed by atoms with Gasteiger partial charge in [-0.25, -0.2) is 0 Å². The summed E-state index contributed by atoms with van der Waals surface area (Å²) in [7, 11) is 0. The lowest BCUT2D eigenvalue weighted by Gasteiger charge is -2.57. The van der Waals surface area contributed by atoms with E-state index in [9.17, 15) is 4.79 Å². The van der Waals surface area contributed by atoms with Crippen LogP contribution in [0.25, 0.3) is 17.1 Å². The first-order chi connectivity index (χ1) is 16.5. The predicted octanol–water partition coefficient (Wildman–Crippen LogP) is 5.55. The number of pyridine rings is 1. The second-order valence-corrected chi connectivity index (χ2v) is 12.0. The first-order valence-corrected chi connectivity index (χ1v) is 13.3. The molecule has 176 valence electrons. The number of benzene rings is 1. The van der Waals surface area contributed by atoms with E-state index in [-0.39, 0.29) is 16.7 Å². The number of hydrogen-bond donors (Lipinski definition) is 1. The summed E-state index contributed by atoms with van der Waals surface area (Å²) in [6.45, 7) is 1.97. The third-order valence-corrected chi connectivity index (χ3v) is 9.03. The number of halogens is 1. The molecular formula is C26H28ClN5OS. The van der Waals surface area contributed by atoms with Crippen LogP contribution in [0.4, 0.5) is 0 Å². The summed E-state index contributed by atoms with van der Waals surface area (Å²) in [4.78, 5) is 17.5. The number of amides is 1. The third-order valence-electron chi connectivity index (χ3n) is 7.73. The van der Waals surface area contributed by atoms with E-state index in [0.717, 1.165) is 48.3 Å². The molecule has 1 unspecified atom stereocenters. The average Bonchev–Trinajstić information content (AvgIpc) is 3.22. The van der Waals surface area contributed by atoms with Gasteiger partial charge >= 0.3 is 0 Å². The van der Waals surface area contributed by atoms with Crippen LogP contribution in [0.5, 0.6) is 0 Å². The van der Waals surface area contributed by atoms with Crippen molar-refractivity contribution in [3.63, 3.8) is 0 Å². The van der Waals surface area contributed by atoms with Crippen molar-refractivity contribution in [3.8, 4) is 17.1 Å². The molecule has 34 heavy (non-hydrogen) atoms. The number of carbonyl (C=O) groups is 1. The minimum atomic E-state index is -0.284. The Kier molecular flexibility index (Phi) is 5.65. The molecule has 1 atom stereocenters. The van der Waals surface area contributed by atoms with E-state index in [2.05, 4.69) is 20.5 Å². The number of nitrogens with one attached hydrogen (secondary N) is 1. The van der Waals surface area contributed by atoms with Crippen LogP contribution in [0.15, 0.2) is 53.9 Å². The van der Waals surface area contributed by atoms with Crippen molar-refractivity contribution in [1.82, 2.24) is 25.1 Å². The highest BCUT2D eigenvalue weighted by Crippen LogP contribution is 2.55. The molecule has 7 rings (SSSR count). The van der Waals surface area contributed by atoms with Gasteiger partial charge in [-0.3, -0.25) is 14.3 Å². The molecule has 0 saturated heterocycles. The number of hydrogen-bond acceptors (Lipinski definition) is 5. The fraction of sp³-hybridized carbons (Fsp3) is 0.462. The Bertz CT molecular complexity index is 1160. The molecule has 1 amide bonds. The maximum absolute atomic E-state index is 13.4. The lowest BCUT2D eigenvalue weighted by atomic mass is 9.53. The first kappa shape index (κ1) is 22.1. The smallest absolute Gasteiger partial charge is 0.233 e. The monoisotopic (exact) mass is 493 g/mol. The Morgan fingerprint density at radius 1 is 1.03 bits per heavy atom. The van der Waals surface area contributed by atoms with Gasteiger partial charge in [-0.15, -0.1) is 10.2 Å². The van der Waals surface area contributed by atoms with Crippen LogP contribution in [0.2, 0.25) is 5.02 Å². The Labute approximate surface area is 208 Å². The largest absolute Gasteiger partial charge is 0.350 e. The zero-order valence-corrected chi connectivity index (χ0v) is 20.7. The zero-order valence-electron chi connectivity index (χ0n) is 19.2. The van der Waals surface area contributed by atoms with Gasteiger partial charge in [-0.2, -0.15) is 0 Å². The van der Waals surface area contributed by atoms with E-state index in [1.807, 2.05) is 47.9 Å². The molecule has 4 aliphatic rings. The molecule has 1 aromatic carbocycles. The Morgan fingerprint density at radius 2 is 1.65 bits per heavy atom. The molecule has 8 heteroatoms. The summed E-state index contributed by atoms with van der Waals surface area (Å²) in [5.41, 5.74) is 1.82. The first-order valence-electron chi connectivity index (χ1n) is 12.1. The Morgan fingerprint density at radius 3 is 2.26 bits per heavy atom. The van der Waals surface area contributed by atoms with E-state index in [4.69, 9.17) is 11.6 Å². The van der Waals surface area contributed by atoms with Gasteiger partial charge in [0, 0.05) is 34.2 Å². The zero-order chi connectivity index (χ0) is 23.3. The fourth-order valence-corrected chi connectivity index (χ4v) is 7.69. The number of carbonyl (C=O) groups excluding carboxylic acids is 1. The maximum atomic E-state index is 13.4. The van der Waals surface area contributed by atoms with Crippen molar-refractivity contribution in [2.24, 2.45) is 17.8 Å². The summed E-state index contributed by atoms with van der Waals surface area (Å²) in [5.74, 6) is 3.20. The minimum absolute atomic E-state index is 0.00665. The Hall–Kier alpha value is -2.38. The molecule has 6 nitrogen and oxygen atoms in total. The van der Waals surface area contributed by atoms with E-state index in [1.54, 1.807) is 12.4 Å². The number of thioether (sulfide) groups is 1. The van der Waals surface area contributed by atoms with Gasteiger partial charge in [0.2, 0.25) is 5.91 Å². The van der Waals surface area contributed by atoms with Gasteiger partial charge < -0.3 is 5.32 Å². The molecule has 1 N–H and O–H groups in total. The highest BCUT2D eigenvalue weighted by molar-refractivity contribution is 8.00. The maximum Gasteiger partial charge on any atom is 0.233 e. The SMILES string of the molecule is CC(Sc1nnc(-c2ccncc2)n1-c1ccc(Cl)cc1)C(=O)NC12CC3CC(CC(C3)C1)C2. The van der Waals surface area contributed by atoms with Crippen molar-refractivity contribution in [2.75, 3.05) is 0 Å². The van der Waals surface area contributed by atoms with Crippen LogP contribution in [-0.2, 0) is 4.79 Å². The predicted molar refractivity (Wildman–Crippen MR) is 134 cm³/mol. The quantitative estimate of drug-likeness (QED) is 0.456. The van der Waals surface area contributed by atoms with Crippen LogP contribution < -0.4 is 5.32 Å². The second kappa shape index (κ2) is 8.68. The summed E-state index contributed by atoms with van der Waals surface area (Å²) in [5, 5.41) is 13.5. The molecule has 2 aromatic heterocycles. The lowest BCUT2D eigenvalue weighted by molar-refractivity contribution is -0.126. The molecule has 0 radical (unpaired) electrons. The van der Waals surface area contributed by atoms with E-state index < -0.39 is 0 Å². The van der Waals surface area contributed by atoms with Crippen molar-refractivity contribution >= 4 is 29.3 Å². The fourth-order valence-electron chi connectivity index (χ4n) is 6.70. The number of nitrogens with zero attached hydrogens (tertiary/aromatic N) is 4. The molecule has 0 aliphatic heterocycles.